The largest absolute Gasteiger partial charge is 0.473 e. The molecule has 2 aromatic heterocycles. The second kappa shape index (κ2) is 10.5. The van der Waals surface area contributed by atoms with E-state index in [0.717, 1.165) is 99.1 Å². The van der Waals surface area contributed by atoms with Gasteiger partial charge in [0.15, 0.2) is 17.3 Å². The predicted octanol–water partition coefficient (Wildman–Crippen LogP) is 4.37. The Balaban J connectivity index is 1.31. The quantitative estimate of drug-likeness (QED) is 0.417. The van der Waals surface area contributed by atoms with Crippen molar-refractivity contribution in [2.45, 2.75) is 94.8 Å². The zero-order valence-electron chi connectivity index (χ0n) is 25.4. The number of hydrogen-bond acceptors (Lipinski definition) is 10. The SMILES string of the molecule is CC(Oc1cc(N2CCCC(C)(O)C2)nc(-c2noc3c2CCCC32CCc3ccc(N)c(C#N)c32)n1)C1CCCN1C. The van der Waals surface area contributed by atoms with Crippen LogP contribution < -0.4 is 15.4 Å². The van der Waals surface area contributed by atoms with Gasteiger partial charge < -0.3 is 25.0 Å². The molecule has 226 valence electrons. The van der Waals surface area contributed by atoms with Crippen LogP contribution >= 0.6 is 0 Å². The number of likely N-dealkylation sites (tertiary alicyclic amines) is 1. The smallest absolute Gasteiger partial charge is 0.219 e. The van der Waals surface area contributed by atoms with Crippen molar-refractivity contribution in [2.24, 2.45) is 0 Å². The molecule has 0 bridgehead atoms. The summed E-state index contributed by atoms with van der Waals surface area (Å²) in [4.78, 5) is 14.4. The van der Waals surface area contributed by atoms with Gasteiger partial charge >= 0.3 is 0 Å². The number of rotatable bonds is 5. The van der Waals surface area contributed by atoms with Gasteiger partial charge in [0.2, 0.25) is 5.88 Å². The number of piperidine rings is 1. The summed E-state index contributed by atoms with van der Waals surface area (Å²) in [6.45, 7) is 6.33. The van der Waals surface area contributed by atoms with E-state index < -0.39 is 11.0 Å². The number of anilines is 2. The molecule has 10 heteroatoms. The third-order valence-electron chi connectivity index (χ3n) is 10.3. The van der Waals surface area contributed by atoms with E-state index in [1.54, 1.807) is 0 Å². The van der Waals surface area contributed by atoms with E-state index in [0.29, 0.717) is 41.2 Å². The fourth-order valence-corrected chi connectivity index (χ4v) is 8.22. The van der Waals surface area contributed by atoms with Crippen molar-refractivity contribution in [1.82, 2.24) is 20.0 Å². The Morgan fingerprint density at radius 3 is 2.79 bits per heavy atom. The zero-order chi connectivity index (χ0) is 29.9. The Bertz CT molecular complexity index is 1590. The lowest BCUT2D eigenvalue weighted by Crippen LogP contribution is -2.46. The van der Waals surface area contributed by atoms with Gasteiger partial charge in [-0.1, -0.05) is 11.2 Å². The molecule has 0 saturated carbocycles. The van der Waals surface area contributed by atoms with Crippen molar-refractivity contribution in [3.8, 4) is 23.5 Å². The van der Waals surface area contributed by atoms with Gasteiger partial charge in [-0.2, -0.15) is 10.2 Å². The summed E-state index contributed by atoms with van der Waals surface area (Å²) in [6.07, 6.45) is 8.16. The van der Waals surface area contributed by atoms with Gasteiger partial charge in [0.25, 0.3) is 0 Å². The van der Waals surface area contributed by atoms with Crippen molar-refractivity contribution in [3.05, 3.63) is 46.2 Å². The minimum atomic E-state index is -0.792. The van der Waals surface area contributed by atoms with Gasteiger partial charge in [0.1, 0.15) is 18.0 Å². The number of aryl methyl sites for hydroxylation is 1. The van der Waals surface area contributed by atoms with Crippen LogP contribution in [-0.4, -0.2) is 69.6 Å². The summed E-state index contributed by atoms with van der Waals surface area (Å²) in [7, 11) is 2.15. The average Bonchev–Trinajstić information content (AvgIpc) is 3.71. The molecule has 4 unspecified atom stereocenters. The van der Waals surface area contributed by atoms with E-state index in [9.17, 15) is 10.4 Å². The highest BCUT2D eigenvalue weighted by Gasteiger charge is 2.49. The molecular formula is C33H41N7O3. The average molecular weight is 584 g/mol. The molecule has 4 heterocycles. The summed E-state index contributed by atoms with van der Waals surface area (Å²) in [5, 5.41) is 25.6. The van der Waals surface area contributed by atoms with Crippen LogP contribution in [0.4, 0.5) is 11.5 Å². The number of aliphatic hydroxyl groups is 1. The number of nitrogens with two attached hydrogens (primary N) is 1. The van der Waals surface area contributed by atoms with E-state index in [4.69, 9.17) is 25.0 Å². The van der Waals surface area contributed by atoms with Crippen LogP contribution in [0.25, 0.3) is 11.5 Å². The van der Waals surface area contributed by atoms with Gasteiger partial charge in [-0.3, -0.25) is 4.90 Å². The van der Waals surface area contributed by atoms with E-state index >= 15 is 0 Å². The van der Waals surface area contributed by atoms with Gasteiger partial charge in [-0.05, 0) is 102 Å². The van der Waals surface area contributed by atoms with Crippen LogP contribution in [-0.2, 0) is 18.3 Å². The van der Waals surface area contributed by atoms with E-state index in [1.165, 1.54) is 0 Å². The number of nitriles is 1. The standard InChI is InChI=1S/C33H41N7O3/c1-20(25-8-5-15-39(25)3)42-27-17-26(40-16-6-12-32(2,41)19-40)36-31(37-27)29-22-7-4-13-33(30(22)43-38-29)14-11-21-9-10-24(35)23(18-34)28(21)33/h9-10,17,20,25,41H,4-8,11-16,19,35H2,1-3H3. The number of aromatic nitrogens is 3. The Morgan fingerprint density at radius 1 is 1.16 bits per heavy atom. The van der Waals surface area contributed by atoms with Gasteiger partial charge in [0, 0.05) is 36.4 Å². The van der Waals surface area contributed by atoms with Crippen LogP contribution in [0.15, 0.2) is 22.7 Å². The van der Waals surface area contributed by atoms with E-state index in [2.05, 4.69) is 41.1 Å². The van der Waals surface area contributed by atoms with Crippen molar-refractivity contribution < 1.29 is 14.4 Å². The van der Waals surface area contributed by atoms with Crippen molar-refractivity contribution in [3.63, 3.8) is 0 Å². The highest BCUT2D eigenvalue weighted by molar-refractivity contribution is 5.68. The molecule has 2 aliphatic heterocycles. The lowest BCUT2D eigenvalue weighted by atomic mass is 9.68. The Labute approximate surface area is 252 Å². The highest BCUT2D eigenvalue weighted by Crippen LogP contribution is 2.54. The minimum absolute atomic E-state index is 0.0492. The second-order valence-corrected chi connectivity index (χ2v) is 13.4. The summed E-state index contributed by atoms with van der Waals surface area (Å²) in [5.74, 6) is 2.51. The molecule has 3 N–H and O–H groups in total. The number of nitrogens with zero attached hydrogens (tertiary/aromatic N) is 6. The molecule has 4 aliphatic rings. The molecule has 4 atom stereocenters. The molecule has 2 aliphatic carbocycles. The molecule has 0 radical (unpaired) electrons. The Hall–Kier alpha value is -3.68. The zero-order valence-corrected chi connectivity index (χ0v) is 25.4. The molecule has 0 amide bonds. The first-order valence-electron chi connectivity index (χ1n) is 15.7. The van der Waals surface area contributed by atoms with Crippen LogP contribution in [0.1, 0.15) is 86.8 Å². The Kier molecular flexibility index (Phi) is 6.86. The number of nitrogen functional groups attached to an aromatic ring is 1. The van der Waals surface area contributed by atoms with Crippen LogP contribution in [0.2, 0.25) is 0 Å². The van der Waals surface area contributed by atoms with Crippen molar-refractivity contribution in [2.75, 3.05) is 37.3 Å². The second-order valence-electron chi connectivity index (χ2n) is 13.4. The molecule has 3 aromatic rings. The number of benzene rings is 1. The third kappa shape index (κ3) is 4.74. The maximum absolute atomic E-state index is 10.9. The first-order chi connectivity index (χ1) is 20.7. The fraction of sp³-hybridized carbons (Fsp3) is 0.576. The van der Waals surface area contributed by atoms with Gasteiger partial charge in [-0.15, -0.1) is 0 Å². The number of likely N-dealkylation sites (N-methyl/N-ethyl adjacent to an activating group) is 1. The number of ether oxygens (including phenoxy) is 1. The number of fused-ring (bicyclic) bond motifs is 4. The first-order valence-corrected chi connectivity index (χ1v) is 15.7. The monoisotopic (exact) mass is 583 g/mol. The topological polar surface area (TPSA) is 138 Å². The maximum Gasteiger partial charge on any atom is 0.219 e. The normalized spacial score (nSPS) is 27.6. The molecule has 1 spiro atoms. The van der Waals surface area contributed by atoms with Crippen molar-refractivity contribution >= 4 is 11.5 Å². The first kappa shape index (κ1) is 28.1. The summed E-state index contributed by atoms with van der Waals surface area (Å²) in [6, 6.07) is 8.50. The van der Waals surface area contributed by atoms with Gasteiger partial charge in [-0.25, -0.2) is 4.98 Å². The fourth-order valence-electron chi connectivity index (χ4n) is 8.22. The summed E-state index contributed by atoms with van der Waals surface area (Å²) >= 11 is 0. The lowest BCUT2D eigenvalue weighted by molar-refractivity contribution is 0.0446. The molecule has 43 heavy (non-hydrogen) atoms. The lowest BCUT2D eigenvalue weighted by Gasteiger charge is -2.37. The third-order valence-corrected chi connectivity index (χ3v) is 10.3. The summed E-state index contributed by atoms with van der Waals surface area (Å²) in [5.41, 5.74) is 9.93. The van der Waals surface area contributed by atoms with E-state index in [1.807, 2.05) is 19.1 Å². The molecule has 2 saturated heterocycles. The Morgan fingerprint density at radius 2 is 2.02 bits per heavy atom. The number of hydrogen-bond donors (Lipinski definition) is 2. The van der Waals surface area contributed by atoms with Gasteiger partial charge in [0.05, 0.1) is 16.6 Å². The molecular weight excluding hydrogens is 542 g/mol. The molecule has 1 aromatic carbocycles. The number of β-amino-alcohol motifs (C(OH)–C–C–N with tert-alkyl or cyclic N) is 1. The van der Waals surface area contributed by atoms with E-state index in [-0.39, 0.29) is 6.10 Å². The minimum Gasteiger partial charge on any atom is -0.473 e. The maximum atomic E-state index is 10.9. The summed E-state index contributed by atoms with van der Waals surface area (Å²) < 4.78 is 12.8. The van der Waals surface area contributed by atoms with Crippen LogP contribution in [0.3, 0.4) is 0 Å². The molecule has 10 nitrogen and oxygen atoms in total. The van der Waals surface area contributed by atoms with Crippen LogP contribution in [0.5, 0.6) is 5.88 Å². The highest BCUT2D eigenvalue weighted by atomic mass is 16.5. The predicted molar refractivity (Wildman–Crippen MR) is 163 cm³/mol. The van der Waals surface area contributed by atoms with Crippen molar-refractivity contribution in [1.29, 1.82) is 5.26 Å². The molecule has 7 rings (SSSR count). The van der Waals surface area contributed by atoms with Crippen LogP contribution in [0, 0.1) is 11.3 Å². The molecule has 2 fully saturated rings.